The fourth-order valence-electron chi connectivity index (χ4n) is 3.35. The summed E-state index contributed by atoms with van der Waals surface area (Å²) in [5.41, 5.74) is 6.15. The summed E-state index contributed by atoms with van der Waals surface area (Å²) >= 11 is 0. The van der Waals surface area contributed by atoms with E-state index in [-0.39, 0.29) is 5.91 Å². The number of amides is 1. The zero-order valence-electron chi connectivity index (χ0n) is 17.6. The third-order valence-electron chi connectivity index (χ3n) is 5.33. The quantitative estimate of drug-likeness (QED) is 0.618. The molecule has 0 saturated heterocycles. The summed E-state index contributed by atoms with van der Waals surface area (Å²) in [5.74, 6) is 0.841. The van der Waals surface area contributed by atoms with Crippen LogP contribution in [0.25, 0.3) is 12.2 Å². The topological polar surface area (TPSA) is 53.5 Å². The van der Waals surface area contributed by atoms with Gasteiger partial charge in [0.05, 0.1) is 0 Å². The maximum absolute atomic E-state index is 12.3. The molecule has 0 radical (unpaired) electrons. The van der Waals surface area contributed by atoms with E-state index in [0.29, 0.717) is 17.6 Å². The van der Waals surface area contributed by atoms with Crippen LogP contribution in [0, 0.1) is 12.8 Å². The number of hydrogen-bond acceptors (Lipinski definition) is 3. The zero-order valence-corrected chi connectivity index (χ0v) is 17.6. The standard InChI is InChI=1S/C25H29N3O/c1-5-17(3)20(6-2)16-21-13-12-19(14-18(21)4)15-23-24(29)28-25(27-23)26-22-10-8-7-9-11-22/h7-17H,5-6H2,1-4H3,(H2,26,27,28,29)/b20-16-,23-15-. The van der Waals surface area contributed by atoms with Gasteiger partial charge in [0, 0.05) is 5.69 Å². The third-order valence-corrected chi connectivity index (χ3v) is 5.33. The van der Waals surface area contributed by atoms with E-state index in [4.69, 9.17) is 0 Å². The number of aliphatic imine (C=N–C) groups is 1. The van der Waals surface area contributed by atoms with Crippen molar-refractivity contribution < 1.29 is 4.79 Å². The number of nitrogens with zero attached hydrogens (tertiary/aromatic N) is 1. The number of carbonyl (C=O) groups is 1. The molecule has 150 valence electrons. The molecule has 0 aromatic heterocycles. The molecule has 1 aliphatic heterocycles. The monoisotopic (exact) mass is 387 g/mol. The number of hydrogen-bond donors (Lipinski definition) is 2. The van der Waals surface area contributed by atoms with Crippen molar-refractivity contribution in [3.8, 4) is 0 Å². The van der Waals surface area contributed by atoms with E-state index in [1.54, 1.807) is 0 Å². The van der Waals surface area contributed by atoms with Gasteiger partial charge < -0.3 is 5.32 Å². The van der Waals surface area contributed by atoms with Gasteiger partial charge in [-0.3, -0.25) is 10.1 Å². The fraction of sp³-hybridized carbons (Fsp3) is 0.280. The number of nitrogens with one attached hydrogen (secondary N) is 2. The zero-order chi connectivity index (χ0) is 20.8. The Morgan fingerprint density at radius 3 is 2.59 bits per heavy atom. The lowest BCUT2D eigenvalue weighted by atomic mass is 9.93. The Labute approximate surface area is 173 Å². The predicted octanol–water partition coefficient (Wildman–Crippen LogP) is 5.77. The van der Waals surface area contributed by atoms with E-state index in [0.717, 1.165) is 24.1 Å². The van der Waals surface area contributed by atoms with Crippen LogP contribution in [0.1, 0.15) is 50.3 Å². The van der Waals surface area contributed by atoms with Crippen molar-refractivity contribution in [1.82, 2.24) is 5.32 Å². The molecule has 4 nitrogen and oxygen atoms in total. The molecule has 1 aliphatic rings. The molecule has 0 aliphatic carbocycles. The average molecular weight is 388 g/mol. The Bertz CT molecular complexity index is 971. The Balaban J connectivity index is 1.80. The first kappa shape index (κ1) is 20.6. The minimum atomic E-state index is -0.199. The van der Waals surface area contributed by atoms with Crippen molar-refractivity contribution in [3.63, 3.8) is 0 Å². The molecule has 1 unspecified atom stereocenters. The van der Waals surface area contributed by atoms with Crippen molar-refractivity contribution in [1.29, 1.82) is 0 Å². The first-order chi connectivity index (χ1) is 14.0. The highest BCUT2D eigenvalue weighted by Crippen LogP contribution is 2.24. The number of benzene rings is 2. The van der Waals surface area contributed by atoms with Crippen molar-refractivity contribution in [2.45, 2.75) is 40.5 Å². The van der Waals surface area contributed by atoms with Gasteiger partial charge >= 0.3 is 0 Å². The summed E-state index contributed by atoms with van der Waals surface area (Å²) in [7, 11) is 0. The molecule has 1 heterocycles. The van der Waals surface area contributed by atoms with Crippen LogP contribution in [0.15, 0.2) is 64.8 Å². The lowest BCUT2D eigenvalue weighted by Gasteiger charge is -2.13. The molecule has 0 spiro atoms. The van der Waals surface area contributed by atoms with Crippen LogP contribution in [0.4, 0.5) is 5.69 Å². The lowest BCUT2D eigenvalue weighted by molar-refractivity contribution is -0.115. The van der Waals surface area contributed by atoms with Crippen LogP contribution in [-0.4, -0.2) is 11.9 Å². The van der Waals surface area contributed by atoms with Crippen LogP contribution in [0.2, 0.25) is 0 Å². The summed E-state index contributed by atoms with van der Waals surface area (Å²) in [6.07, 6.45) is 6.34. The molecule has 0 fully saturated rings. The van der Waals surface area contributed by atoms with E-state index >= 15 is 0 Å². The van der Waals surface area contributed by atoms with Crippen molar-refractivity contribution >= 4 is 29.7 Å². The number of aryl methyl sites for hydroxylation is 1. The normalized spacial score (nSPS) is 16.6. The van der Waals surface area contributed by atoms with Crippen molar-refractivity contribution in [2.24, 2.45) is 10.9 Å². The number of allylic oxidation sites excluding steroid dienone is 1. The smallest absolute Gasteiger partial charge is 0.276 e. The number of rotatable bonds is 6. The summed E-state index contributed by atoms with van der Waals surface area (Å²) in [5, 5.41) is 5.89. The Hall–Kier alpha value is -3.14. The lowest BCUT2D eigenvalue weighted by Crippen LogP contribution is -2.29. The van der Waals surface area contributed by atoms with Gasteiger partial charge in [-0.25, -0.2) is 4.99 Å². The molecule has 0 bridgehead atoms. The van der Waals surface area contributed by atoms with E-state index in [1.807, 2.05) is 42.5 Å². The summed E-state index contributed by atoms with van der Waals surface area (Å²) < 4.78 is 0. The maximum atomic E-state index is 12.3. The summed E-state index contributed by atoms with van der Waals surface area (Å²) in [4.78, 5) is 16.7. The van der Waals surface area contributed by atoms with E-state index < -0.39 is 0 Å². The molecule has 0 saturated carbocycles. The molecule has 3 rings (SSSR count). The molecule has 1 amide bonds. The summed E-state index contributed by atoms with van der Waals surface area (Å²) in [6, 6.07) is 15.9. The number of carbonyl (C=O) groups excluding carboxylic acids is 1. The van der Waals surface area contributed by atoms with E-state index in [1.165, 1.54) is 16.7 Å². The highest BCUT2D eigenvalue weighted by molar-refractivity contribution is 6.17. The van der Waals surface area contributed by atoms with Crippen molar-refractivity contribution in [3.05, 3.63) is 76.5 Å². The van der Waals surface area contributed by atoms with Gasteiger partial charge in [0.25, 0.3) is 5.91 Å². The average Bonchev–Trinajstić information content (AvgIpc) is 3.06. The highest BCUT2D eigenvalue weighted by Gasteiger charge is 2.20. The highest BCUT2D eigenvalue weighted by atomic mass is 16.2. The number of guanidine groups is 1. The first-order valence-electron chi connectivity index (χ1n) is 10.2. The number of anilines is 1. The minimum absolute atomic E-state index is 0.199. The van der Waals surface area contributed by atoms with Crippen LogP contribution in [0.3, 0.4) is 0 Å². The van der Waals surface area contributed by atoms with E-state index in [2.05, 4.69) is 61.5 Å². The Kier molecular flexibility index (Phi) is 6.65. The van der Waals surface area contributed by atoms with Crippen LogP contribution < -0.4 is 10.6 Å². The maximum Gasteiger partial charge on any atom is 0.276 e. The molecule has 2 aromatic rings. The van der Waals surface area contributed by atoms with Crippen LogP contribution in [-0.2, 0) is 4.79 Å². The van der Waals surface area contributed by atoms with Crippen molar-refractivity contribution in [2.75, 3.05) is 5.32 Å². The third kappa shape index (κ3) is 5.23. The molecule has 4 heteroatoms. The van der Waals surface area contributed by atoms with Gasteiger partial charge in [0.2, 0.25) is 5.96 Å². The second kappa shape index (κ2) is 9.37. The van der Waals surface area contributed by atoms with E-state index in [9.17, 15) is 4.79 Å². The van der Waals surface area contributed by atoms with Gasteiger partial charge in [-0.1, -0.05) is 68.8 Å². The second-order valence-electron chi connectivity index (χ2n) is 7.43. The Morgan fingerprint density at radius 1 is 1.17 bits per heavy atom. The molecular formula is C25H29N3O. The summed E-state index contributed by atoms with van der Waals surface area (Å²) in [6.45, 7) is 8.83. The molecule has 29 heavy (non-hydrogen) atoms. The molecular weight excluding hydrogens is 358 g/mol. The Morgan fingerprint density at radius 2 is 1.93 bits per heavy atom. The minimum Gasteiger partial charge on any atom is -0.326 e. The van der Waals surface area contributed by atoms with Gasteiger partial charge in [0.15, 0.2) is 0 Å². The molecule has 1 atom stereocenters. The fourth-order valence-corrected chi connectivity index (χ4v) is 3.35. The van der Waals surface area contributed by atoms with Gasteiger partial charge in [-0.2, -0.15) is 0 Å². The SMILES string of the molecule is CC/C(=C/c1ccc(/C=C2\N=C(Nc3ccccc3)NC2=O)cc1C)C(C)CC. The van der Waals surface area contributed by atoms with Gasteiger partial charge in [0.1, 0.15) is 5.70 Å². The predicted molar refractivity (Wildman–Crippen MR) is 123 cm³/mol. The number of para-hydroxylation sites is 1. The molecule has 2 N–H and O–H groups in total. The van der Waals surface area contributed by atoms with Crippen LogP contribution in [0.5, 0.6) is 0 Å². The van der Waals surface area contributed by atoms with Gasteiger partial charge in [-0.15, -0.1) is 0 Å². The largest absolute Gasteiger partial charge is 0.326 e. The second-order valence-corrected chi connectivity index (χ2v) is 7.43. The first-order valence-corrected chi connectivity index (χ1v) is 10.2. The molecule has 2 aromatic carbocycles. The van der Waals surface area contributed by atoms with Crippen LogP contribution >= 0.6 is 0 Å². The van der Waals surface area contributed by atoms with Gasteiger partial charge in [-0.05, 0) is 60.6 Å².